The van der Waals surface area contributed by atoms with E-state index >= 15 is 0 Å². The summed E-state index contributed by atoms with van der Waals surface area (Å²) in [5, 5.41) is -4.16. The Labute approximate surface area is 121 Å². The van der Waals surface area contributed by atoms with E-state index in [1.54, 1.807) is 30.3 Å². The van der Waals surface area contributed by atoms with E-state index in [4.69, 9.17) is 0 Å². The van der Waals surface area contributed by atoms with Crippen molar-refractivity contribution in [3.8, 4) is 0 Å². The van der Waals surface area contributed by atoms with Crippen molar-refractivity contribution < 1.29 is 51.3 Å². The summed E-state index contributed by atoms with van der Waals surface area (Å²) >= 11 is 0. The van der Waals surface area contributed by atoms with Crippen molar-refractivity contribution in [2.45, 2.75) is 24.5 Å². The van der Waals surface area contributed by atoms with Gasteiger partial charge >= 0.3 is 34.8 Å². The van der Waals surface area contributed by atoms with Crippen molar-refractivity contribution in [2.24, 2.45) is 0 Å². The van der Waals surface area contributed by atoms with Gasteiger partial charge in [-0.3, -0.25) is 0 Å². The fourth-order valence-electron chi connectivity index (χ4n) is 1.27. The molecule has 3 nitrogen and oxygen atoms in total. The van der Waals surface area contributed by atoms with Crippen molar-refractivity contribution in [1.82, 2.24) is 0 Å². The fraction of sp³-hybridized carbons (Fsp3) is 0.400. The third-order valence-electron chi connectivity index (χ3n) is 2.14. The van der Waals surface area contributed by atoms with Gasteiger partial charge in [0.15, 0.2) is 10.1 Å². The standard InChI is InChI=1S/C10H12F2O3S.Na/c11-10(12,16(13,14)15)8-4-7-9-5-2-1-3-6-9;/h1-3,5-6H,4,7-8H2,(H,13,14,15);/q;+1/p-1. The third kappa shape index (κ3) is 5.44. The first kappa shape index (κ1) is 17.0. The van der Waals surface area contributed by atoms with Gasteiger partial charge in [0.05, 0.1) is 0 Å². The second-order valence-electron chi connectivity index (χ2n) is 3.43. The largest absolute Gasteiger partial charge is 1.00 e. The Morgan fingerprint density at radius 3 is 2.18 bits per heavy atom. The van der Waals surface area contributed by atoms with Gasteiger partial charge in [-0.15, -0.1) is 0 Å². The molecule has 1 rings (SSSR count). The molecule has 0 spiro atoms. The van der Waals surface area contributed by atoms with Crippen molar-refractivity contribution in [2.75, 3.05) is 0 Å². The molecule has 0 N–H and O–H groups in total. The van der Waals surface area contributed by atoms with Crippen LogP contribution >= 0.6 is 0 Å². The molecule has 0 heterocycles. The van der Waals surface area contributed by atoms with Gasteiger partial charge in [0, 0.05) is 6.42 Å². The molecule has 0 aliphatic carbocycles. The number of halogens is 2. The SMILES string of the molecule is O=S(=O)([O-])C(F)(F)CCCc1ccccc1.[Na+]. The van der Waals surface area contributed by atoms with E-state index in [1.165, 1.54) is 0 Å². The second-order valence-corrected chi connectivity index (χ2v) is 4.94. The minimum absolute atomic E-state index is 0. The molecule has 0 radical (unpaired) electrons. The number of hydrogen-bond acceptors (Lipinski definition) is 3. The number of benzene rings is 1. The molecule has 0 aliphatic rings. The van der Waals surface area contributed by atoms with Crippen LogP contribution in [0.25, 0.3) is 0 Å². The first-order chi connectivity index (χ1) is 7.33. The Morgan fingerprint density at radius 1 is 1.18 bits per heavy atom. The molecule has 0 unspecified atom stereocenters. The van der Waals surface area contributed by atoms with Gasteiger partial charge < -0.3 is 4.55 Å². The predicted octanol–water partition coefficient (Wildman–Crippen LogP) is -0.849. The zero-order valence-electron chi connectivity index (χ0n) is 9.40. The first-order valence-corrected chi connectivity index (χ1v) is 6.11. The maximum atomic E-state index is 12.7. The molecule has 1 aromatic carbocycles. The molecule has 0 saturated heterocycles. The predicted molar refractivity (Wildman–Crippen MR) is 54.0 cm³/mol. The van der Waals surface area contributed by atoms with E-state index in [9.17, 15) is 21.8 Å². The molecular formula is C10H11F2NaO3S. The maximum Gasteiger partial charge on any atom is 1.00 e. The number of alkyl halides is 2. The van der Waals surface area contributed by atoms with Gasteiger partial charge in [0.25, 0.3) is 0 Å². The first-order valence-electron chi connectivity index (χ1n) is 4.70. The number of hydrogen-bond donors (Lipinski definition) is 0. The zero-order chi connectivity index (χ0) is 12.2. The maximum absolute atomic E-state index is 12.7. The van der Waals surface area contributed by atoms with Gasteiger partial charge in [-0.05, 0) is 18.4 Å². The van der Waals surface area contributed by atoms with E-state index < -0.39 is 21.8 Å². The molecule has 0 aliphatic heterocycles. The van der Waals surface area contributed by atoms with Crippen LogP contribution < -0.4 is 29.6 Å². The molecule has 0 atom stereocenters. The minimum atomic E-state index is -5.54. The van der Waals surface area contributed by atoms with E-state index in [0.29, 0.717) is 6.42 Å². The van der Waals surface area contributed by atoms with Crippen molar-refractivity contribution in [3.05, 3.63) is 35.9 Å². The van der Waals surface area contributed by atoms with Crippen molar-refractivity contribution >= 4 is 10.1 Å². The Morgan fingerprint density at radius 2 is 1.71 bits per heavy atom. The molecule has 0 amide bonds. The fourth-order valence-corrected chi connectivity index (χ4v) is 1.66. The summed E-state index contributed by atoms with van der Waals surface area (Å²) in [7, 11) is -5.54. The Kier molecular flexibility index (Phi) is 6.79. The van der Waals surface area contributed by atoms with Gasteiger partial charge in [0.2, 0.25) is 0 Å². The van der Waals surface area contributed by atoms with Crippen LogP contribution in [0.4, 0.5) is 8.78 Å². The molecule has 7 heteroatoms. The van der Waals surface area contributed by atoms with Crippen molar-refractivity contribution in [3.63, 3.8) is 0 Å². The summed E-state index contributed by atoms with van der Waals surface area (Å²) < 4.78 is 56.0. The summed E-state index contributed by atoms with van der Waals surface area (Å²) in [5.74, 6) is 0. The average molecular weight is 272 g/mol. The number of aryl methyl sites for hydroxylation is 1. The van der Waals surface area contributed by atoms with E-state index in [-0.39, 0.29) is 36.0 Å². The number of rotatable bonds is 5. The van der Waals surface area contributed by atoms with Crippen LogP contribution in [-0.2, 0) is 16.5 Å². The third-order valence-corrected chi connectivity index (χ3v) is 3.08. The summed E-state index contributed by atoms with van der Waals surface area (Å²) in [6.45, 7) is 0. The van der Waals surface area contributed by atoms with Gasteiger partial charge in [-0.1, -0.05) is 30.3 Å². The van der Waals surface area contributed by atoms with Crippen molar-refractivity contribution in [1.29, 1.82) is 0 Å². The van der Waals surface area contributed by atoms with Gasteiger partial charge in [-0.25, -0.2) is 8.42 Å². The van der Waals surface area contributed by atoms with Gasteiger partial charge in [0.1, 0.15) is 0 Å². The molecule has 17 heavy (non-hydrogen) atoms. The average Bonchev–Trinajstić information content (AvgIpc) is 2.17. The zero-order valence-corrected chi connectivity index (χ0v) is 12.2. The van der Waals surface area contributed by atoms with E-state index in [2.05, 4.69) is 0 Å². The monoisotopic (exact) mass is 272 g/mol. The summed E-state index contributed by atoms with van der Waals surface area (Å²) in [6, 6.07) is 8.82. The van der Waals surface area contributed by atoms with E-state index in [1.807, 2.05) is 0 Å². The molecule has 0 aromatic heterocycles. The molecule has 0 fully saturated rings. The van der Waals surface area contributed by atoms with Crippen LogP contribution in [0.5, 0.6) is 0 Å². The van der Waals surface area contributed by atoms with Crippen LogP contribution in [0.2, 0.25) is 0 Å². The van der Waals surface area contributed by atoms with Crippen LogP contribution in [0, 0.1) is 0 Å². The Bertz CT molecular complexity index is 434. The Hall–Kier alpha value is -0.0100. The molecule has 90 valence electrons. The summed E-state index contributed by atoms with van der Waals surface area (Å²) in [6.07, 6.45) is -0.655. The quantitative estimate of drug-likeness (QED) is 0.518. The van der Waals surface area contributed by atoms with Crippen LogP contribution in [0.3, 0.4) is 0 Å². The van der Waals surface area contributed by atoms with Crippen LogP contribution in [0.15, 0.2) is 30.3 Å². The smallest absolute Gasteiger partial charge is 0.743 e. The second kappa shape index (κ2) is 6.80. The topological polar surface area (TPSA) is 57.2 Å². The summed E-state index contributed by atoms with van der Waals surface area (Å²) in [5.41, 5.74) is 0.835. The summed E-state index contributed by atoms with van der Waals surface area (Å²) in [4.78, 5) is 0. The molecule has 0 bridgehead atoms. The molecule has 0 saturated carbocycles. The minimum Gasteiger partial charge on any atom is -0.743 e. The molecule has 1 aromatic rings. The molecular weight excluding hydrogens is 261 g/mol. The normalized spacial score (nSPS) is 11.9. The van der Waals surface area contributed by atoms with Crippen LogP contribution in [0.1, 0.15) is 18.4 Å². The van der Waals surface area contributed by atoms with Crippen LogP contribution in [-0.4, -0.2) is 18.2 Å². The Balaban J connectivity index is 0.00000256. The van der Waals surface area contributed by atoms with Gasteiger partial charge in [-0.2, -0.15) is 8.78 Å². The van der Waals surface area contributed by atoms with E-state index in [0.717, 1.165) is 5.56 Å².